The third-order valence-electron chi connectivity index (χ3n) is 3.56. The lowest BCUT2D eigenvalue weighted by molar-refractivity contribution is 0.0666. The maximum Gasteiger partial charge on any atom is 0.331 e. The predicted molar refractivity (Wildman–Crippen MR) is 71.4 cm³/mol. The van der Waals surface area contributed by atoms with Crippen LogP contribution in [-0.2, 0) is 13.5 Å². The molecule has 0 saturated carbocycles. The van der Waals surface area contributed by atoms with Gasteiger partial charge in [-0.2, -0.15) is 0 Å². The molecule has 0 bridgehead atoms. The van der Waals surface area contributed by atoms with E-state index in [4.69, 9.17) is 0 Å². The van der Waals surface area contributed by atoms with Crippen LogP contribution in [0.15, 0.2) is 15.7 Å². The predicted octanol–water partition coefficient (Wildman–Crippen LogP) is 0.324. The van der Waals surface area contributed by atoms with Crippen molar-refractivity contribution in [2.75, 3.05) is 19.6 Å². The second-order valence-corrected chi connectivity index (χ2v) is 5.39. The van der Waals surface area contributed by atoms with Crippen molar-refractivity contribution in [2.45, 2.75) is 32.5 Å². The van der Waals surface area contributed by atoms with Crippen molar-refractivity contribution < 1.29 is 4.39 Å². The Morgan fingerprint density at radius 2 is 2.00 bits per heavy atom. The first-order valence-corrected chi connectivity index (χ1v) is 6.58. The minimum absolute atomic E-state index is 0.150. The van der Waals surface area contributed by atoms with E-state index in [2.05, 4.69) is 0 Å². The van der Waals surface area contributed by atoms with Gasteiger partial charge < -0.3 is 4.57 Å². The second kappa shape index (κ2) is 5.28. The minimum atomic E-state index is -0.724. The Bertz CT molecular complexity index is 570. The van der Waals surface area contributed by atoms with E-state index in [1.54, 1.807) is 7.05 Å². The van der Waals surface area contributed by atoms with Crippen molar-refractivity contribution >= 4 is 0 Å². The number of hydrogen-bond acceptors (Lipinski definition) is 3. The van der Waals surface area contributed by atoms with Crippen LogP contribution in [0.5, 0.6) is 0 Å². The first kappa shape index (κ1) is 14.0. The summed E-state index contributed by atoms with van der Waals surface area (Å²) in [5.41, 5.74) is 0.152. The Morgan fingerprint density at radius 1 is 1.37 bits per heavy atom. The summed E-state index contributed by atoms with van der Waals surface area (Å²) in [7, 11) is 1.67. The van der Waals surface area contributed by atoms with Gasteiger partial charge in [-0.05, 0) is 13.8 Å². The van der Waals surface area contributed by atoms with Gasteiger partial charge in [0, 0.05) is 50.9 Å². The van der Waals surface area contributed by atoms with E-state index in [1.165, 1.54) is 15.2 Å². The molecule has 1 fully saturated rings. The molecule has 1 aromatic heterocycles. The Hall–Kier alpha value is -1.43. The number of likely N-dealkylation sites (tertiary alicyclic amines) is 1. The SMILES string of the molecule is CC(C)n1c(=O)cc(CCN2CC(F)C2)n(C)c1=O. The van der Waals surface area contributed by atoms with Crippen LogP contribution in [0.2, 0.25) is 0 Å². The van der Waals surface area contributed by atoms with Gasteiger partial charge in [-0.1, -0.05) is 0 Å². The monoisotopic (exact) mass is 269 g/mol. The Kier molecular flexibility index (Phi) is 3.89. The summed E-state index contributed by atoms with van der Waals surface area (Å²) in [5.74, 6) is 0. The van der Waals surface area contributed by atoms with Crippen LogP contribution >= 0.6 is 0 Å². The van der Waals surface area contributed by atoms with Crippen molar-refractivity contribution in [3.05, 3.63) is 32.6 Å². The Labute approximate surface area is 111 Å². The van der Waals surface area contributed by atoms with Gasteiger partial charge in [0.05, 0.1) is 0 Å². The smallest absolute Gasteiger partial charge is 0.301 e. The van der Waals surface area contributed by atoms with Crippen molar-refractivity contribution in [3.8, 4) is 0 Å². The molecule has 106 valence electrons. The number of nitrogens with zero attached hydrogens (tertiary/aromatic N) is 3. The molecule has 19 heavy (non-hydrogen) atoms. The number of rotatable bonds is 4. The van der Waals surface area contributed by atoms with Crippen molar-refractivity contribution in [1.82, 2.24) is 14.0 Å². The van der Waals surface area contributed by atoms with Crippen LogP contribution < -0.4 is 11.2 Å². The fourth-order valence-electron chi connectivity index (χ4n) is 2.36. The van der Waals surface area contributed by atoms with E-state index < -0.39 is 6.17 Å². The molecule has 0 radical (unpaired) electrons. The molecule has 1 saturated heterocycles. The summed E-state index contributed by atoms with van der Waals surface area (Å²) < 4.78 is 15.4. The van der Waals surface area contributed by atoms with Crippen LogP contribution in [-0.4, -0.2) is 39.8 Å². The average Bonchev–Trinajstić information content (AvgIpc) is 2.28. The van der Waals surface area contributed by atoms with E-state index in [-0.39, 0.29) is 17.3 Å². The summed E-state index contributed by atoms with van der Waals surface area (Å²) in [4.78, 5) is 26.0. The molecule has 0 amide bonds. The van der Waals surface area contributed by atoms with Gasteiger partial charge in [0.15, 0.2) is 0 Å². The van der Waals surface area contributed by atoms with E-state index >= 15 is 0 Å². The highest BCUT2D eigenvalue weighted by Gasteiger charge is 2.25. The van der Waals surface area contributed by atoms with Crippen molar-refractivity contribution in [2.24, 2.45) is 7.05 Å². The molecule has 2 rings (SSSR count). The fraction of sp³-hybridized carbons (Fsp3) is 0.692. The third-order valence-corrected chi connectivity index (χ3v) is 3.56. The number of alkyl halides is 1. The number of halogens is 1. The largest absolute Gasteiger partial charge is 0.331 e. The van der Waals surface area contributed by atoms with Crippen LogP contribution in [0, 0.1) is 0 Å². The lowest BCUT2D eigenvalue weighted by Gasteiger charge is -2.34. The molecule has 5 nitrogen and oxygen atoms in total. The fourth-order valence-corrected chi connectivity index (χ4v) is 2.36. The van der Waals surface area contributed by atoms with Crippen LogP contribution in [0.3, 0.4) is 0 Å². The zero-order valence-corrected chi connectivity index (χ0v) is 11.6. The van der Waals surface area contributed by atoms with E-state index in [1.807, 2.05) is 18.7 Å². The normalized spacial score (nSPS) is 16.9. The summed E-state index contributed by atoms with van der Waals surface area (Å²) in [5, 5.41) is 0. The second-order valence-electron chi connectivity index (χ2n) is 5.39. The summed E-state index contributed by atoms with van der Waals surface area (Å²) in [6, 6.07) is 1.36. The molecular formula is C13H20FN3O2. The summed E-state index contributed by atoms with van der Waals surface area (Å²) in [6.07, 6.45) is -0.134. The molecule has 1 aromatic rings. The molecule has 2 heterocycles. The zero-order valence-electron chi connectivity index (χ0n) is 11.6. The standard InChI is InChI=1S/C13H20FN3O2/c1-9(2)17-12(18)6-11(15(3)13(17)19)4-5-16-7-10(14)8-16/h6,9-10H,4-5,7-8H2,1-3H3. The molecule has 1 aliphatic heterocycles. The highest BCUT2D eigenvalue weighted by Crippen LogP contribution is 2.11. The average molecular weight is 269 g/mol. The number of hydrogen-bond donors (Lipinski definition) is 0. The van der Waals surface area contributed by atoms with Gasteiger partial charge in [-0.3, -0.25) is 14.3 Å². The van der Waals surface area contributed by atoms with Gasteiger partial charge in [-0.25, -0.2) is 9.18 Å². The van der Waals surface area contributed by atoms with Gasteiger partial charge in [0.2, 0.25) is 0 Å². The maximum atomic E-state index is 12.7. The van der Waals surface area contributed by atoms with Crippen molar-refractivity contribution in [1.29, 1.82) is 0 Å². The van der Waals surface area contributed by atoms with Gasteiger partial charge in [-0.15, -0.1) is 0 Å². The van der Waals surface area contributed by atoms with Crippen molar-refractivity contribution in [3.63, 3.8) is 0 Å². The highest BCUT2D eigenvalue weighted by atomic mass is 19.1. The van der Waals surface area contributed by atoms with Crippen LogP contribution in [0.25, 0.3) is 0 Å². The van der Waals surface area contributed by atoms with Crippen LogP contribution in [0.4, 0.5) is 4.39 Å². The molecule has 0 N–H and O–H groups in total. The van der Waals surface area contributed by atoms with Gasteiger partial charge in [0.1, 0.15) is 6.17 Å². The zero-order chi connectivity index (χ0) is 14.2. The van der Waals surface area contributed by atoms with Gasteiger partial charge >= 0.3 is 5.69 Å². The minimum Gasteiger partial charge on any atom is -0.301 e. The summed E-state index contributed by atoms with van der Waals surface area (Å²) >= 11 is 0. The van der Waals surface area contributed by atoms with E-state index in [0.717, 1.165) is 0 Å². The van der Waals surface area contributed by atoms with E-state index in [9.17, 15) is 14.0 Å². The Morgan fingerprint density at radius 3 is 2.53 bits per heavy atom. The van der Waals surface area contributed by atoms with Crippen LogP contribution in [0.1, 0.15) is 25.6 Å². The lowest BCUT2D eigenvalue weighted by Crippen LogP contribution is -2.49. The molecule has 1 aliphatic rings. The molecule has 0 aromatic carbocycles. The maximum absolute atomic E-state index is 12.7. The Balaban J connectivity index is 2.18. The lowest BCUT2D eigenvalue weighted by atomic mass is 10.1. The van der Waals surface area contributed by atoms with Gasteiger partial charge in [0.25, 0.3) is 5.56 Å². The first-order chi connectivity index (χ1) is 8.90. The topological polar surface area (TPSA) is 47.2 Å². The van der Waals surface area contributed by atoms with E-state index in [0.29, 0.717) is 31.7 Å². The molecule has 0 atom stereocenters. The molecule has 6 heteroatoms. The highest BCUT2D eigenvalue weighted by molar-refractivity contribution is 5.04. The molecular weight excluding hydrogens is 249 g/mol. The third kappa shape index (κ3) is 2.78. The number of aromatic nitrogens is 2. The first-order valence-electron chi connectivity index (χ1n) is 6.58. The molecule has 0 aliphatic carbocycles. The molecule has 0 spiro atoms. The summed E-state index contributed by atoms with van der Waals surface area (Å²) in [6.45, 7) is 5.21. The quantitative estimate of drug-likeness (QED) is 0.791. The molecule has 0 unspecified atom stereocenters.